The SMILES string of the molecule is CCCCN(CCCC)Cc1cc(CNC(C)C)sc1C. The summed E-state index contributed by atoms with van der Waals surface area (Å²) in [6, 6.07) is 2.97. The first-order chi connectivity index (χ1) is 10.1. The first-order valence-electron chi connectivity index (χ1n) is 8.60. The van der Waals surface area contributed by atoms with E-state index in [4.69, 9.17) is 0 Å². The second kappa shape index (κ2) is 10.4. The highest BCUT2D eigenvalue weighted by Gasteiger charge is 2.10. The van der Waals surface area contributed by atoms with Crippen molar-refractivity contribution in [1.29, 1.82) is 0 Å². The Bertz CT molecular complexity index is 377. The number of thiophene rings is 1. The Labute approximate surface area is 135 Å². The molecule has 0 aromatic carbocycles. The summed E-state index contributed by atoms with van der Waals surface area (Å²) in [5.74, 6) is 0. The number of nitrogens with one attached hydrogen (secondary N) is 1. The van der Waals surface area contributed by atoms with Crippen LogP contribution in [0.1, 0.15) is 68.7 Å². The molecule has 0 aliphatic carbocycles. The molecule has 1 aromatic rings. The van der Waals surface area contributed by atoms with Crippen molar-refractivity contribution in [1.82, 2.24) is 10.2 Å². The molecule has 0 amide bonds. The van der Waals surface area contributed by atoms with E-state index in [2.05, 4.69) is 50.9 Å². The number of aryl methyl sites for hydroxylation is 1. The molecule has 1 heterocycles. The summed E-state index contributed by atoms with van der Waals surface area (Å²) in [5.41, 5.74) is 1.53. The first-order valence-corrected chi connectivity index (χ1v) is 9.42. The lowest BCUT2D eigenvalue weighted by atomic mass is 10.2. The van der Waals surface area contributed by atoms with Crippen molar-refractivity contribution in [2.45, 2.75) is 79.4 Å². The maximum Gasteiger partial charge on any atom is 0.0302 e. The van der Waals surface area contributed by atoms with Gasteiger partial charge in [-0.15, -0.1) is 11.3 Å². The summed E-state index contributed by atoms with van der Waals surface area (Å²) < 4.78 is 0. The molecule has 0 atom stereocenters. The van der Waals surface area contributed by atoms with Gasteiger partial charge in [0.25, 0.3) is 0 Å². The second-order valence-electron chi connectivity index (χ2n) is 6.31. The smallest absolute Gasteiger partial charge is 0.0302 e. The topological polar surface area (TPSA) is 15.3 Å². The molecule has 0 fully saturated rings. The van der Waals surface area contributed by atoms with Crippen LogP contribution in [0, 0.1) is 6.92 Å². The van der Waals surface area contributed by atoms with Crippen molar-refractivity contribution in [3.63, 3.8) is 0 Å². The standard InChI is InChI=1S/C18H34N2S/c1-6-8-10-20(11-9-7-2)14-17-12-18(21-16(17)5)13-19-15(3)4/h12,15,19H,6-11,13-14H2,1-5H3. The predicted molar refractivity (Wildman–Crippen MR) is 96.1 cm³/mol. The average Bonchev–Trinajstić information content (AvgIpc) is 2.80. The highest BCUT2D eigenvalue weighted by atomic mass is 32.1. The van der Waals surface area contributed by atoms with Gasteiger partial charge < -0.3 is 5.32 Å². The van der Waals surface area contributed by atoms with Crippen LogP contribution in [0.4, 0.5) is 0 Å². The Kier molecular flexibility index (Phi) is 9.21. The van der Waals surface area contributed by atoms with E-state index in [-0.39, 0.29) is 0 Å². The molecule has 3 heteroatoms. The van der Waals surface area contributed by atoms with Gasteiger partial charge in [-0.25, -0.2) is 0 Å². The van der Waals surface area contributed by atoms with Gasteiger partial charge in [-0.2, -0.15) is 0 Å². The zero-order chi connectivity index (χ0) is 15.7. The van der Waals surface area contributed by atoms with E-state index >= 15 is 0 Å². The minimum atomic E-state index is 0.557. The molecular weight excluding hydrogens is 276 g/mol. The summed E-state index contributed by atoms with van der Waals surface area (Å²) in [7, 11) is 0. The molecular formula is C18H34N2S. The molecule has 1 N–H and O–H groups in total. The number of hydrogen-bond donors (Lipinski definition) is 1. The third-order valence-corrected chi connectivity index (χ3v) is 4.90. The predicted octanol–water partition coefficient (Wildman–Crippen LogP) is 4.96. The third-order valence-electron chi connectivity index (χ3n) is 3.81. The molecule has 0 radical (unpaired) electrons. The Morgan fingerprint density at radius 1 is 1.14 bits per heavy atom. The maximum atomic E-state index is 3.52. The molecule has 21 heavy (non-hydrogen) atoms. The fourth-order valence-electron chi connectivity index (χ4n) is 2.41. The van der Waals surface area contributed by atoms with Gasteiger partial charge in [0.2, 0.25) is 0 Å². The minimum Gasteiger partial charge on any atom is -0.310 e. The van der Waals surface area contributed by atoms with Crippen molar-refractivity contribution >= 4 is 11.3 Å². The molecule has 0 aliphatic rings. The highest BCUT2D eigenvalue weighted by Crippen LogP contribution is 2.23. The van der Waals surface area contributed by atoms with Crippen molar-refractivity contribution in [2.24, 2.45) is 0 Å². The number of rotatable bonds is 11. The van der Waals surface area contributed by atoms with Crippen LogP contribution in [0.15, 0.2) is 6.07 Å². The fourth-order valence-corrected chi connectivity index (χ4v) is 3.42. The Balaban J connectivity index is 2.60. The molecule has 122 valence electrons. The molecule has 0 saturated heterocycles. The summed E-state index contributed by atoms with van der Waals surface area (Å²) in [4.78, 5) is 5.61. The van der Waals surface area contributed by atoms with Gasteiger partial charge in [0.15, 0.2) is 0 Å². The van der Waals surface area contributed by atoms with Crippen LogP contribution in [-0.2, 0) is 13.1 Å². The van der Waals surface area contributed by atoms with Gasteiger partial charge in [0, 0.05) is 28.9 Å². The molecule has 0 spiro atoms. The van der Waals surface area contributed by atoms with E-state index < -0.39 is 0 Å². The lowest BCUT2D eigenvalue weighted by Gasteiger charge is -2.21. The minimum absolute atomic E-state index is 0.557. The van der Waals surface area contributed by atoms with E-state index in [0.29, 0.717) is 6.04 Å². The zero-order valence-electron chi connectivity index (χ0n) is 14.7. The molecule has 0 unspecified atom stereocenters. The van der Waals surface area contributed by atoms with Crippen LogP contribution >= 0.6 is 11.3 Å². The van der Waals surface area contributed by atoms with E-state index in [9.17, 15) is 0 Å². The first kappa shape index (κ1) is 18.7. The molecule has 1 rings (SSSR count). The van der Waals surface area contributed by atoms with Gasteiger partial charge in [-0.3, -0.25) is 4.90 Å². The number of hydrogen-bond acceptors (Lipinski definition) is 3. The van der Waals surface area contributed by atoms with E-state index in [0.717, 1.165) is 13.1 Å². The Hall–Kier alpha value is -0.380. The Morgan fingerprint density at radius 3 is 2.29 bits per heavy atom. The summed E-state index contributed by atoms with van der Waals surface area (Å²) in [6.07, 6.45) is 5.20. The van der Waals surface area contributed by atoms with Gasteiger partial charge in [-0.1, -0.05) is 40.5 Å². The second-order valence-corrected chi connectivity index (χ2v) is 7.65. The van der Waals surface area contributed by atoms with Gasteiger partial charge in [0.05, 0.1) is 0 Å². The van der Waals surface area contributed by atoms with Crippen LogP contribution in [-0.4, -0.2) is 24.0 Å². The van der Waals surface area contributed by atoms with Gasteiger partial charge in [-0.05, 0) is 44.5 Å². The summed E-state index contributed by atoms with van der Waals surface area (Å²) in [5, 5.41) is 3.52. The van der Waals surface area contributed by atoms with Crippen molar-refractivity contribution < 1.29 is 0 Å². The average molecular weight is 311 g/mol. The molecule has 2 nitrogen and oxygen atoms in total. The van der Waals surface area contributed by atoms with Crippen LogP contribution in [0.5, 0.6) is 0 Å². The lowest BCUT2D eigenvalue weighted by molar-refractivity contribution is 0.257. The van der Waals surface area contributed by atoms with Crippen LogP contribution in [0.3, 0.4) is 0 Å². The van der Waals surface area contributed by atoms with Gasteiger partial charge >= 0.3 is 0 Å². The summed E-state index contributed by atoms with van der Waals surface area (Å²) in [6.45, 7) is 15.9. The van der Waals surface area contributed by atoms with E-state index in [1.54, 1.807) is 0 Å². The number of unbranched alkanes of at least 4 members (excludes halogenated alkanes) is 2. The maximum absolute atomic E-state index is 3.52. The lowest BCUT2D eigenvalue weighted by Crippen LogP contribution is -2.25. The normalized spacial score (nSPS) is 11.8. The van der Waals surface area contributed by atoms with Crippen LogP contribution in [0.2, 0.25) is 0 Å². The zero-order valence-corrected chi connectivity index (χ0v) is 15.5. The molecule has 0 bridgehead atoms. The van der Waals surface area contributed by atoms with Crippen LogP contribution < -0.4 is 5.32 Å². The largest absolute Gasteiger partial charge is 0.310 e. The quantitative estimate of drug-likeness (QED) is 0.621. The summed E-state index contributed by atoms with van der Waals surface area (Å²) >= 11 is 1.96. The number of nitrogens with zero attached hydrogens (tertiary/aromatic N) is 1. The molecule has 0 saturated carbocycles. The van der Waals surface area contributed by atoms with Crippen molar-refractivity contribution in [3.05, 3.63) is 21.4 Å². The van der Waals surface area contributed by atoms with E-state index in [1.165, 1.54) is 54.1 Å². The Morgan fingerprint density at radius 2 is 1.76 bits per heavy atom. The highest BCUT2D eigenvalue weighted by molar-refractivity contribution is 7.12. The molecule has 1 aromatic heterocycles. The molecule has 0 aliphatic heterocycles. The monoisotopic (exact) mass is 310 g/mol. The third kappa shape index (κ3) is 7.44. The van der Waals surface area contributed by atoms with Crippen molar-refractivity contribution in [3.8, 4) is 0 Å². The van der Waals surface area contributed by atoms with Crippen LogP contribution in [0.25, 0.3) is 0 Å². The fraction of sp³-hybridized carbons (Fsp3) is 0.778. The van der Waals surface area contributed by atoms with Crippen molar-refractivity contribution in [2.75, 3.05) is 13.1 Å². The van der Waals surface area contributed by atoms with Gasteiger partial charge in [0.1, 0.15) is 0 Å². The van der Waals surface area contributed by atoms with E-state index in [1.807, 2.05) is 11.3 Å².